The predicted octanol–water partition coefficient (Wildman–Crippen LogP) is 1.53. The van der Waals surface area contributed by atoms with Crippen LogP contribution >= 0.6 is 0 Å². The summed E-state index contributed by atoms with van der Waals surface area (Å²) in [6.07, 6.45) is 6.41. The summed E-state index contributed by atoms with van der Waals surface area (Å²) < 4.78 is 1.84. The lowest BCUT2D eigenvalue weighted by Gasteiger charge is -2.17. The highest BCUT2D eigenvalue weighted by Crippen LogP contribution is 2.14. The summed E-state index contributed by atoms with van der Waals surface area (Å²) in [5.74, 6) is -0.465. The Morgan fingerprint density at radius 1 is 1.40 bits per heavy atom. The van der Waals surface area contributed by atoms with Crippen molar-refractivity contribution in [2.75, 3.05) is 6.54 Å². The minimum absolute atomic E-state index is 0.00954. The molecule has 0 aliphatic heterocycles. The molecule has 0 bridgehead atoms. The summed E-state index contributed by atoms with van der Waals surface area (Å²) in [6.45, 7) is 5.11. The number of aryl methyl sites for hydroxylation is 1. The van der Waals surface area contributed by atoms with Gasteiger partial charge in [0.05, 0.1) is 6.33 Å². The molecule has 1 rings (SSSR count). The van der Waals surface area contributed by atoms with Crippen molar-refractivity contribution in [2.24, 2.45) is 11.8 Å². The molecule has 0 fully saturated rings. The third-order valence-electron chi connectivity index (χ3n) is 3.01. The van der Waals surface area contributed by atoms with E-state index < -0.39 is 5.97 Å². The normalized spacial score (nSPS) is 12.3. The van der Waals surface area contributed by atoms with Crippen LogP contribution < -0.4 is 5.32 Å². The van der Waals surface area contributed by atoms with Crippen LogP contribution in [0.4, 0.5) is 0 Å². The van der Waals surface area contributed by atoms with Crippen molar-refractivity contribution >= 4 is 11.9 Å². The van der Waals surface area contributed by atoms with Gasteiger partial charge >= 0.3 is 5.97 Å². The molecule has 20 heavy (non-hydrogen) atoms. The lowest BCUT2D eigenvalue weighted by Crippen LogP contribution is -2.31. The number of aromatic nitrogens is 2. The van der Waals surface area contributed by atoms with Crippen LogP contribution in [-0.4, -0.2) is 33.1 Å². The molecule has 1 heterocycles. The van der Waals surface area contributed by atoms with Gasteiger partial charge in [0, 0.05) is 38.3 Å². The summed E-state index contributed by atoms with van der Waals surface area (Å²) in [5.41, 5.74) is 0. The van der Waals surface area contributed by atoms with E-state index in [1.165, 1.54) is 0 Å². The van der Waals surface area contributed by atoms with Crippen molar-refractivity contribution in [3.8, 4) is 0 Å². The first-order valence-corrected chi connectivity index (χ1v) is 6.91. The number of hydrogen-bond donors (Lipinski definition) is 2. The van der Waals surface area contributed by atoms with E-state index in [4.69, 9.17) is 5.11 Å². The average molecular weight is 281 g/mol. The Morgan fingerprint density at radius 3 is 2.70 bits per heavy atom. The summed E-state index contributed by atoms with van der Waals surface area (Å²) in [5, 5.41) is 11.7. The van der Waals surface area contributed by atoms with Gasteiger partial charge in [-0.05, 0) is 18.3 Å². The van der Waals surface area contributed by atoms with E-state index in [1.807, 2.05) is 4.57 Å². The zero-order valence-electron chi connectivity index (χ0n) is 12.1. The molecule has 6 nitrogen and oxygen atoms in total. The minimum atomic E-state index is -0.816. The lowest BCUT2D eigenvalue weighted by molar-refractivity contribution is -0.138. The van der Waals surface area contributed by atoms with Gasteiger partial charge in [0.15, 0.2) is 0 Å². The van der Waals surface area contributed by atoms with Crippen LogP contribution in [-0.2, 0) is 16.1 Å². The topological polar surface area (TPSA) is 84.2 Å². The molecule has 0 aliphatic carbocycles. The Kier molecular flexibility index (Phi) is 6.76. The fraction of sp³-hybridized carbons (Fsp3) is 0.643. The van der Waals surface area contributed by atoms with Crippen LogP contribution in [0.15, 0.2) is 18.7 Å². The molecular formula is C14H23N3O3. The number of imidazole rings is 1. The molecule has 1 aromatic rings. The SMILES string of the molecule is CC(C)CC(CNC(=O)CCn1ccnc1)CC(=O)O. The number of nitrogens with zero attached hydrogens (tertiary/aromatic N) is 2. The zero-order valence-corrected chi connectivity index (χ0v) is 12.1. The van der Waals surface area contributed by atoms with E-state index in [9.17, 15) is 9.59 Å². The number of carbonyl (C=O) groups excluding carboxylic acids is 1. The maximum absolute atomic E-state index is 11.7. The van der Waals surface area contributed by atoms with Gasteiger partial charge in [0.2, 0.25) is 5.91 Å². The third-order valence-corrected chi connectivity index (χ3v) is 3.01. The maximum Gasteiger partial charge on any atom is 0.303 e. The van der Waals surface area contributed by atoms with Gasteiger partial charge < -0.3 is 15.0 Å². The fourth-order valence-electron chi connectivity index (χ4n) is 2.15. The van der Waals surface area contributed by atoms with Gasteiger partial charge in [-0.25, -0.2) is 4.98 Å². The van der Waals surface area contributed by atoms with Crippen molar-refractivity contribution in [2.45, 2.75) is 39.7 Å². The van der Waals surface area contributed by atoms with Crippen molar-refractivity contribution in [3.63, 3.8) is 0 Å². The van der Waals surface area contributed by atoms with Crippen molar-refractivity contribution < 1.29 is 14.7 Å². The van der Waals surface area contributed by atoms with Crippen molar-refractivity contribution in [1.29, 1.82) is 0 Å². The summed E-state index contributed by atoms with van der Waals surface area (Å²) in [6, 6.07) is 0. The molecule has 0 spiro atoms. The van der Waals surface area contributed by atoms with Gasteiger partial charge in [-0.3, -0.25) is 9.59 Å². The van der Waals surface area contributed by atoms with Crippen molar-refractivity contribution in [3.05, 3.63) is 18.7 Å². The molecule has 2 N–H and O–H groups in total. The molecule has 1 unspecified atom stereocenters. The summed E-state index contributed by atoms with van der Waals surface area (Å²) in [4.78, 5) is 26.4. The molecule has 1 atom stereocenters. The van der Waals surface area contributed by atoms with E-state index in [0.29, 0.717) is 25.4 Å². The molecule has 112 valence electrons. The second kappa shape index (κ2) is 8.35. The average Bonchev–Trinajstić information content (AvgIpc) is 2.85. The van der Waals surface area contributed by atoms with Gasteiger partial charge in [0.1, 0.15) is 0 Å². The Labute approximate surface area is 119 Å². The molecule has 0 radical (unpaired) electrons. The quantitative estimate of drug-likeness (QED) is 0.719. The van der Waals surface area contributed by atoms with Crippen LogP contribution in [0.5, 0.6) is 0 Å². The van der Waals surface area contributed by atoms with E-state index >= 15 is 0 Å². The number of aliphatic carboxylic acids is 1. The number of carboxylic acids is 1. The van der Waals surface area contributed by atoms with E-state index in [1.54, 1.807) is 18.7 Å². The monoisotopic (exact) mass is 281 g/mol. The Balaban J connectivity index is 2.30. The number of carboxylic acid groups (broad SMARTS) is 1. The van der Waals surface area contributed by atoms with Gasteiger partial charge in [-0.15, -0.1) is 0 Å². The first-order chi connectivity index (χ1) is 9.47. The number of amides is 1. The first kappa shape index (κ1) is 16.2. The molecule has 0 aliphatic rings. The fourth-order valence-corrected chi connectivity index (χ4v) is 2.15. The van der Waals surface area contributed by atoms with Crippen LogP contribution in [0.25, 0.3) is 0 Å². The smallest absolute Gasteiger partial charge is 0.303 e. The highest BCUT2D eigenvalue weighted by molar-refractivity contribution is 5.75. The van der Waals surface area contributed by atoms with E-state index in [2.05, 4.69) is 24.1 Å². The second-order valence-electron chi connectivity index (χ2n) is 5.45. The van der Waals surface area contributed by atoms with E-state index in [0.717, 1.165) is 6.42 Å². The van der Waals surface area contributed by atoms with Crippen LogP contribution in [0.1, 0.15) is 33.1 Å². The summed E-state index contributed by atoms with van der Waals surface area (Å²) >= 11 is 0. The molecule has 6 heteroatoms. The zero-order chi connectivity index (χ0) is 15.0. The molecule has 0 saturated carbocycles. The van der Waals surface area contributed by atoms with Gasteiger partial charge in [-0.1, -0.05) is 13.8 Å². The standard InChI is InChI=1S/C14H23N3O3/c1-11(2)7-12(8-14(19)20)9-16-13(18)3-5-17-6-4-15-10-17/h4,6,10-12H,3,5,7-9H2,1-2H3,(H,16,18)(H,19,20). The van der Waals surface area contributed by atoms with Crippen LogP contribution in [0, 0.1) is 11.8 Å². The van der Waals surface area contributed by atoms with Crippen LogP contribution in [0.3, 0.4) is 0 Å². The minimum Gasteiger partial charge on any atom is -0.481 e. The largest absolute Gasteiger partial charge is 0.481 e. The maximum atomic E-state index is 11.7. The summed E-state index contributed by atoms with van der Waals surface area (Å²) in [7, 11) is 0. The van der Waals surface area contributed by atoms with Gasteiger partial charge in [0.25, 0.3) is 0 Å². The number of carbonyl (C=O) groups is 2. The molecule has 0 saturated heterocycles. The van der Waals surface area contributed by atoms with Crippen LogP contribution in [0.2, 0.25) is 0 Å². The number of nitrogens with one attached hydrogen (secondary N) is 1. The molecule has 1 amide bonds. The Hall–Kier alpha value is -1.85. The number of rotatable bonds is 9. The van der Waals surface area contributed by atoms with E-state index in [-0.39, 0.29) is 18.2 Å². The van der Waals surface area contributed by atoms with Gasteiger partial charge in [-0.2, -0.15) is 0 Å². The molecule has 0 aromatic carbocycles. The lowest BCUT2D eigenvalue weighted by atomic mass is 9.94. The highest BCUT2D eigenvalue weighted by atomic mass is 16.4. The second-order valence-corrected chi connectivity index (χ2v) is 5.45. The molecular weight excluding hydrogens is 258 g/mol. The number of hydrogen-bond acceptors (Lipinski definition) is 3. The van der Waals surface area contributed by atoms with Crippen molar-refractivity contribution in [1.82, 2.24) is 14.9 Å². The Bertz CT molecular complexity index is 415. The Morgan fingerprint density at radius 2 is 2.15 bits per heavy atom. The third kappa shape index (κ3) is 6.92. The first-order valence-electron chi connectivity index (χ1n) is 6.91. The highest BCUT2D eigenvalue weighted by Gasteiger charge is 2.16. The molecule has 1 aromatic heterocycles. The predicted molar refractivity (Wildman–Crippen MR) is 75.1 cm³/mol.